The lowest BCUT2D eigenvalue weighted by molar-refractivity contribution is -0.143. The predicted octanol–water partition coefficient (Wildman–Crippen LogP) is 2.33. The fourth-order valence-electron chi connectivity index (χ4n) is 2.77. The number of benzene rings is 1. The number of rotatable bonds is 4. The van der Waals surface area contributed by atoms with E-state index in [1.54, 1.807) is 0 Å². The molecule has 21 heavy (non-hydrogen) atoms. The molecule has 0 N–H and O–H groups in total. The van der Waals surface area contributed by atoms with Gasteiger partial charge in [-0.1, -0.05) is 12.1 Å². The molecule has 5 nitrogen and oxygen atoms in total. The van der Waals surface area contributed by atoms with Crippen LogP contribution in [0.5, 0.6) is 11.5 Å². The lowest BCUT2D eigenvalue weighted by Gasteiger charge is -2.29. The number of ether oxygens (including phenoxy) is 3. The summed E-state index contributed by atoms with van der Waals surface area (Å²) in [6.07, 6.45) is 1.48. The molecule has 2 aliphatic rings. The van der Waals surface area contributed by atoms with E-state index < -0.39 is 0 Å². The number of amides is 1. The van der Waals surface area contributed by atoms with Gasteiger partial charge in [-0.05, 0) is 32.8 Å². The molecule has 0 spiro atoms. The Bertz CT molecular complexity index is 523. The Morgan fingerprint density at radius 3 is 2.95 bits per heavy atom. The summed E-state index contributed by atoms with van der Waals surface area (Å²) in [7, 11) is 0. The Morgan fingerprint density at radius 2 is 2.24 bits per heavy atom. The van der Waals surface area contributed by atoms with Crippen molar-refractivity contribution in [2.24, 2.45) is 0 Å². The Hall–Kier alpha value is -1.75. The van der Waals surface area contributed by atoms with Gasteiger partial charge in [-0.25, -0.2) is 0 Å². The Labute approximate surface area is 124 Å². The molecule has 1 amide bonds. The van der Waals surface area contributed by atoms with Crippen molar-refractivity contribution in [1.29, 1.82) is 0 Å². The van der Waals surface area contributed by atoms with E-state index in [4.69, 9.17) is 14.2 Å². The molecule has 1 aromatic rings. The maximum absolute atomic E-state index is 12.6. The van der Waals surface area contributed by atoms with Crippen LogP contribution in [0.15, 0.2) is 18.2 Å². The van der Waals surface area contributed by atoms with E-state index >= 15 is 0 Å². The average molecular weight is 291 g/mol. The highest BCUT2D eigenvalue weighted by molar-refractivity contribution is 5.81. The molecule has 0 unspecified atom stereocenters. The van der Waals surface area contributed by atoms with Gasteiger partial charge in [0.1, 0.15) is 6.10 Å². The van der Waals surface area contributed by atoms with Crippen molar-refractivity contribution in [3.8, 4) is 11.5 Å². The summed E-state index contributed by atoms with van der Waals surface area (Å²) in [6.45, 7) is 5.48. The fraction of sp³-hybridized carbons (Fsp3) is 0.562. The molecule has 114 valence electrons. The van der Waals surface area contributed by atoms with Gasteiger partial charge in [0, 0.05) is 24.8 Å². The number of hydrogen-bond donors (Lipinski definition) is 0. The molecule has 0 radical (unpaired) electrons. The van der Waals surface area contributed by atoms with Crippen molar-refractivity contribution in [2.45, 2.75) is 45.4 Å². The van der Waals surface area contributed by atoms with Crippen molar-refractivity contribution in [1.82, 2.24) is 4.90 Å². The maximum atomic E-state index is 12.6. The molecule has 2 heterocycles. The third-order valence-electron chi connectivity index (χ3n) is 3.93. The van der Waals surface area contributed by atoms with Crippen LogP contribution in [0, 0.1) is 0 Å². The van der Waals surface area contributed by atoms with Crippen LogP contribution in [-0.2, 0) is 16.1 Å². The first kappa shape index (κ1) is 14.2. The zero-order chi connectivity index (χ0) is 14.8. The van der Waals surface area contributed by atoms with E-state index in [2.05, 4.69) is 0 Å². The van der Waals surface area contributed by atoms with Crippen LogP contribution in [0.25, 0.3) is 0 Å². The largest absolute Gasteiger partial charge is 0.454 e. The molecule has 1 aromatic carbocycles. The van der Waals surface area contributed by atoms with Gasteiger partial charge >= 0.3 is 0 Å². The summed E-state index contributed by atoms with van der Waals surface area (Å²) in [6, 6.07) is 5.90. The van der Waals surface area contributed by atoms with Gasteiger partial charge in [-0.3, -0.25) is 4.79 Å². The van der Waals surface area contributed by atoms with E-state index in [9.17, 15) is 4.79 Å². The third-order valence-corrected chi connectivity index (χ3v) is 3.93. The van der Waals surface area contributed by atoms with Crippen LogP contribution < -0.4 is 9.47 Å². The molecule has 5 heteroatoms. The molecule has 2 aliphatic heterocycles. The molecular weight excluding hydrogens is 270 g/mol. The fourth-order valence-corrected chi connectivity index (χ4v) is 2.77. The number of carbonyl (C=O) groups excluding carboxylic acids is 1. The minimum Gasteiger partial charge on any atom is -0.454 e. The molecular formula is C16H21NO4. The van der Waals surface area contributed by atoms with Crippen molar-refractivity contribution >= 4 is 5.91 Å². The molecule has 1 atom stereocenters. The SMILES string of the molecule is CC(C)N(Cc1cccc2c1OCO2)C(=O)[C@H]1CCCO1. The standard InChI is InChI=1S/C16H21NO4/c1-11(2)17(16(18)14-7-4-8-19-14)9-12-5-3-6-13-15(12)21-10-20-13/h3,5-6,11,14H,4,7-10H2,1-2H3/t14-/m1/s1. The van der Waals surface area contributed by atoms with Gasteiger partial charge in [0.15, 0.2) is 11.5 Å². The van der Waals surface area contributed by atoms with Gasteiger partial charge in [0.25, 0.3) is 5.91 Å². The monoisotopic (exact) mass is 291 g/mol. The van der Waals surface area contributed by atoms with Gasteiger partial charge in [0.05, 0.1) is 0 Å². The van der Waals surface area contributed by atoms with Crippen LogP contribution in [0.2, 0.25) is 0 Å². The topological polar surface area (TPSA) is 48.0 Å². The highest BCUT2D eigenvalue weighted by Gasteiger charge is 2.30. The average Bonchev–Trinajstić information content (AvgIpc) is 3.14. The predicted molar refractivity (Wildman–Crippen MR) is 77.2 cm³/mol. The van der Waals surface area contributed by atoms with Gasteiger partial charge < -0.3 is 19.1 Å². The van der Waals surface area contributed by atoms with Gasteiger partial charge in [0.2, 0.25) is 6.79 Å². The van der Waals surface area contributed by atoms with Gasteiger partial charge in [-0.15, -0.1) is 0 Å². The van der Waals surface area contributed by atoms with E-state index in [1.165, 1.54) is 0 Å². The zero-order valence-corrected chi connectivity index (χ0v) is 12.5. The summed E-state index contributed by atoms with van der Waals surface area (Å²) >= 11 is 0. The molecule has 0 aliphatic carbocycles. The molecule has 0 saturated carbocycles. The number of nitrogens with zero attached hydrogens (tertiary/aromatic N) is 1. The van der Waals surface area contributed by atoms with Crippen molar-refractivity contribution in [3.05, 3.63) is 23.8 Å². The molecule has 1 saturated heterocycles. The number of para-hydroxylation sites is 1. The van der Waals surface area contributed by atoms with Crippen LogP contribution in [0.1, 0.15) is 32.3 Å². The smallest absolute Gasteiger partial charge is 0.252 e. The Morgan fingerprint density at radius 1 is 1.38 bits per heavy atom. The second-order valence-corrected chi connectivity index (χ2v) is 5.71. The summed E-state index contributed by atoms with van der Waals surface area (Å²) in [5, 5.41) is 0. The van der Waals surface area contributed by atoms with Crippen LogP contribution in [-0.4, -0.2) is 36.4 Å². The summed E-state index contributed by atoms with van der Waals surface area (Å²) in [5.41, 5.74) is 0.977. The van der Waals surface area contributed by atoms with E-state index in [0.717, 1.165) is 29.9 Å². The maximum Gasteiger partial charge on any atom is 0.252 e. The lowest BCUT2D eigenvalue weighted by Crippen LogP contribution is -2.42. The first-order chi connectivity index (χ1) is 10.2. The number of fused-ring (bicyclic) bond motifs is 1. The number of carbonyl (C=O) groups is 1. The van der Waals surface area contributed by atoms with Gasteiger partial charge in [-0.2, -0.15) is 0 Å². The van der Waals surface area contributed by atoms with Crippen molar-refractivity contribution in [2.75, 3.05) is 13.4 Å². The van der Waals surface area contributed by atoms with E-state index in [0.29, 0.717) is 13.2 Å². The Kier molecular flexibility index (Phi) is 4.01. The van der Waals surface area contributed by atoms with E-state index in [1.807, 2.05) is 36.9 Å². The second-order valence-electron chi connectivity index (χ2n) is 5.71. The second kappa shape index (κ2) is 5.93. The van der Waals surface area contributed by atoms with Crippen molar-refractivity contribution in [3.63, 3.8) is 0 Å². The van der Waals surface area contributed by atoms with Crippen LogP contribution >= 0.6 is 0 Å². The molecule has 1 fully saturated rings. The molecule has 0 aromatic heterocycles. The Balaban J connectivity index is 1.79. The summed E-state index contributed by atoms with van der Waals surface area (Å²) in [5.74, 6) is 1.57. The normalized spacial score (nSPS) is 20.0. The lowest BCUT2D eigenvalue weighted by atomic mass is 10.1. The third kappa shape index (κ3) is 2.83. The highest BCUT2D eigenvalue weighted by atomic mass is 16.7. The molecule has 3 rings (SSSR count). The highest BCUT2D eigenvalue weighted by Crippen LogP contribution is 2.36. The molecule has 0 bridgehead atoms. The van der Waals surface area contributed by atoms with Crippen molar-refractivity contribution < 1.29 is 19.0 Å². The number of hydrogen-bond acceptors (Lipinski definition) is 4. The summed E-state index contributed by atoms with van der Waals surface area (Å²) < 4.78 is 16.4. The first-order valence-electron chi connectivity index (χ1n) is 7.46. The zero-order valence-electron chi connectivity index (χ0n) is 12.5. The quantitative estimate of drug-likeness (QED) is 0.854. The minimum atomic E-state index is -0.290. The van der Waals surface area contributed by atoms with Crippen LogP contribution in [0.3, 0.4) is 0 Å². The minimum absolute atomic E-state index is 0.0685. The van der Waals surface area contributed by atoms with E-state index in [-0.39, 0.29) is 24.8 Å². The summed E-state index contributed by atoms with van der Waals surface area (Å²) in [4.78, 5) is 14.5. The van der Waals surface area contributed by atoms with Crippen LogP contribution in [0.4, 0.5) is 0 Å². The first-order valence-corrected chi connectivity index (χ1v) is 7.46.